The van der Waals surface area contributed by atoms with Gasteiger partial charge in [0.2, 0.25) is 5.91 Å². The number of piperazine rings is 1. The predicted octanol–water partition coefficient (Wildman–Crippen LogP) is 7.73. The highest BCUT2D eigenvalue weighted by Gasteiger charge is 2.31. The molecule has 4 nitrogen and oxygen atoms in total. The first-order valence-electron chi connectivity index (χ1n) is 12.3. The van der Waals surface area contributed by atoms with Gasteiger partial charge in [-0.05, 0) is 72.1 Å². The summed E-state index contributed by atoms with van der Waals surface area (Å²) in [5.41, 5.74) is 4.11. The number of carbonyl (C=O) groups is 1. The van der Waals surface area contributed by atoms with E-state index < -0.39 is 0 Å². The molecule has 1 fully saturated rings. The van der Waals surface area contributed by atoms with Crippen LogP contribution in [0.1, 0.15) is 22.7 Å². The Balaban J connectivity index is 1.34. The van der Waals surface area contributed by atoms with Crippen molar-refractivity contribution in [2.24, 2.45) is 0 Å². The fraction of sp³-hybridized carbons (Fsp3) is 0.194. The third-order valence-corrected chi connectivity index (χ3v) is 7.19. The molecule has 0 aliphatic carbocycles. The highest BCUT2D eigenvalue weighted by Crippen LogP contribution is 2.36. The molecule has 1 aliphatic rings. The summed E-state index contributed by atoms with van der Waals surface area (Å²) in [6.45, 7) is 3.89. The Morgan fingerprint density at radius 1 is 0.865 bits per heavy atom. The van der Waals surface area contributed by atoms with Gasteiger partial charge in [0.05, 0.1) is 23.2 Å². The van der Waals surface area contributed by atoms with Crippen LogP contribution in [0.25, 0.3) is 0 Å². The van der Waals surface area contributed by atoms with Gasteiger partial charge in [-0.1, -0.05) is 71.7 Å². The van der Waals surface area contributed by atoms with Crippen molar-refractivity contribution in [3.63, 3.8) is 0 Å². The van der Waals surface area contributed by atoms with Crippen molar-refractivity contribution in [3.05, 3.63) is 124 Å². The Kier molecular flexibility index (Phi) is 7.68. The van der Waals surface area contributed by atoms with Crippen LogP contribution in [-0.4, -0.2) is 30.4 Å². The first kappa shape index (κ1) is 25.2. The van der Waals surface area contributed by atoms with Crippen LogP contribution < -0.4 is 9.64 Å². The van der Waals surface area contributed by atoms with E-state index in [4.69, 9.17) is 27.9 Å². The second-order valence-electron chi connectivity index (χ2n) is 9.29. The van der Waals surface area contributed by atoms with Gasteiger partial charge in [-0.2, -0.15) is 0 Å². The van der Waals surface area contributed by atoms with E-state index in [1.54, 1.807) is 0 Å². The molecule has 0 bridgehead atoms. The molecule has 1 saturated heterocycles. The number of anilines is 1. The molecule has 1 aliphatic heterocycles. The standard InChI is InChI=1S/C31H28Cl2N2O2/c1-22-10-15-29(28(33)18-22)35-17-16-34(21-30(35)24-11-13-25(32)14-12-24)31(36)20-23-6-5-9-27(19-23)37-26-7-3-2-4-8-26/h2-15,18-19,30H,16-17,20-21H2,1H3. The number of carbonyl (C=O) groups excluding carboxylic acids is 1. The van der Waals surface area contributed by atoms with Crippen molar-refractivity contribution in [1.82, 2.24) is 4.90 Å². The van der Waals surface area contributed by atoms with Gasteiger partial charge in [0, 0.05) is 24.7 Å². The van der Waals surface area contributed by atoms with Gasteiger partial charge in [0.15, 0.2) is 0 Å². The zero-order chi connectivity index (χ0) is 25.8. The summed E-state index contributed by atoms with van der Waals surface area (Å²) in [4.78, 5) is 17.7. The topological polar surface area (TPSA) is 32.8 Å². The average Bonchev–Trinajstić information content (AvgIpc) is 2.90. The summed E-state index contributed by atoms with van der Waals surface area (Å²) in [6, 6.07) is 31.3. The molecule has 1 unspecified atom stereocenters. The molecule has 1 atom stereocenters. The van der Waals surface area contributed by atoms with E-state index in [9.17, 15) is 4.79 Å². The monoisotopic (exact) mass is 530 g/mol. The molecule has 1 heterocycles. The fourth-order valence-electron chi connectivity index (χ4n) is 4.74. The van der Waals surface area contributed by atoms with E-state index in [-0.39, 0.29) is 11.9 Å². The van der Waals surface area contributed by atoms with Crippen molar-refractivity contribution >= 4 is 34.8 Å². The highest BCUT2D eigenvalue weighted by molar-refractivity contribution is 6.33. The van der Waals surface area contributed by atoms with Crippen LogP contribution in [0.3, 0.4) is 0 Å². The van der Waals surface area contributed by atoms with Crippen LogP contribution in [0.4, 0.5) is 5.69 Å². The van der Waals surface area contributed by atoms with E-state index in [2.05, 4.69) is 17.0 Å². The van der Waals surface area contributed by atoms with Gasteiger partial charge in [-0.25, -0.2) is 0 Å². The maximum absolute atomic E-state index is 13.4. The number of hydrogen-bond donors (Lipinski definition) is 0. The molecule has 5 rings (SSSR count). The minimum Gasteiger partial charge on any atom is -0.457 e. The Hall–Kier alpha value is -3.47. The third-order valence-electron chi connectivity index (χ3n) is 6.63. The van der Waals surface area contributed by atoms with Crippen LogP contribution in [-0.2, 0) is 11.2 Å². The lowest BCUT2D eigenvalue weighted by Crippen LogP contribution is -2.51. The summed E-state index contributed by atoms with van der Waals surface area (Å²) in [5.74, 6) is 1.57. The van der Waals surface area contributed by atoms with Crippen LogP contribution in [0.15, 0.2) is 97.1 Å². The lowest BCUT2D eigenvalue weighted by Gasteiger charge is -2.43. The van der Waals surface area contributed by atoms with Crippen molar-refractivity contribution in [2.75, 3.05) is 24.5 Å². The number of hydrogen-bond acceptors (Lipinski definition) is 3. The molecule has 37 heavy (non-hydrogen) atoms. The molecule has 0 saturated carbocycles. The number of nitrogens with zero attached hydrogens (tertiary/aromatic N) is 2. The van der Waals surface area contributed by atoms with Gasteiger partial charge in [0.25, 0.3) is 0 Å². The van der Waals surface area contributed by atoms with Crippen molar-refractivity contribution in [3.8, 4) is 11.5 Å². The summed E-state index contributed by atoms with van der Waals surface area (Å²) >= 11 is 12.8. The van der Waals surface area contributed by atoms with E-state index >= 15 is 0 Å². The molecule has 4 aromatic rings. The highest BCUT2D eigenvalue weighted by atomic mass is 35.5. The predicted molar refractivity (Wildman–Crippen MR) is 151 cm³/mol. The van der Waals surface area contributed by atoms with Crippen molar-refractivity contribution in [2.45, 2.75) is 19.4 Å². The Bertz CT molecular complexity index is 1380. The van der Waals surface area contributed by atoms with E-state index in [1.807, 2.05) is 96.8 Å². The first-order valence-corrected chi connectivity index (χ1v) is 13.1. The molecule has 1 amide bonds. The summed E-state index contributed by atoms with van der Waals surface area (Å²) < 4.78 is 5.96. The average molecular weight is 531 g/mol. The maximum atomic E-state index is 13.4. The second-order valence-corrected chi connectivity index (χ2v) is 10.1. The Labute approximate surface area is 228 Å². The minimum absolute atomic E-state index is 0.0390. The quantitative estimate of drug-likeness (QED) is 0.255. The molecular formula is C31H28Cl2N2O2. The lowest BCUT2D eigenvalue weighted by molar-refractivity contribution is -0.131. The van der Waals surface area contributed by atoms with Gasteiger partial charge >= 0.3 is 0 Å². The second kappa shape index (κ2) is 11.3. The van der Waals surface area contributed by atoms with E-state index in [0.717, 1.165) is 33.9 Å². The number of amides is 1. The zero-order valence-corrected chi connectivity index (χ0v) is 22.1. The van der Waals surface area contributed by atoms with Crippen LogP contribution in [0.2, 0.25) is 10.0 Å². The lowest BCUT2D eigenvalue weighted by atomic mass is 10.00. The first-order chi connectivity index (χ1) is 18.0. The van der Waals surface area contributed by atoms with Gasteiger partial charge in [-0.15, -0.1) is 0 Å². The molecule has 0 aromatic heterocycles. The molecule has 0 spiro atoms. The Morgan fingerprint density at radius 2 is 1.62 bits per heavy atom. The van der Waals surface area contributed by atoms with Crippen LogP contribution >= 0.6 is 23.2 Å². The normalized spacial score (nSPS) is 15.5. The van der Waals surface area contributed by atoms with Crippen molar-refractivity contribution in [1.29, 1.82) is 0 Å². The van der Waals surface area contributed by atoms with E-state index in [0.29, 0.717) is 36.1 Å². The number of benzene rings is 4. The maximum Gasteiger partial charge on any atom is 0.227 e. The Morgan fingerprint density at radius 3 is 2.38 bits per heavy atom. The smallest absolute Gasteiger partial charge is 0.227 e. The third kappa shape index (κ3) is 6.10. The summed E-state index contributed by atoms with van der Waals surface area (Å²) in [5, 5.41) is 1.40. The van der Waals surface area contributed by atoms with Gasteiger partial charge in [-0.3, -0.25) is 4.79 Å². The van der Waals surface area contributed by atoms with Crippen LogP contribution in [0.5, 0.6) is 11.5 Å². The fourth-order valence-corrected chi connectivity index (χ4v) is 5.21. The van der Waals surface area contributed by atoms with Gasteiger partial charge in [0.1, 0.15) is 11.5 Å². The molecule has 188 valence electrons. The zero-order valence-electron chi connectivity index (χ0n) is 20.6. The number of para-hydroxylation sites is 1. The molecule has 4 aromatic carbocycles. The summed E-state index contributed by atoms with van der Waals surface area (Å²) in [6.07, 6.45) is 0.310. The van der Waals surface area contributed by atoms with Gasteiger partial charge < -0.3 is 14.5 Å². The molecule has 0 N–H and O–H groups in total. The SMILES string of the molecule is Cc1ccc(N2CCN(C(=O)Cc3cccc(Oc4ccccc4)c3)CC2c2ccc(Cl)cc2)c(Cl)c1. The van der Waals surface area contributed by atoms with Crippen LogP contribution in [0, 0.1) is 6.92 Å². The number of ether oxygens (including phenoxy) is 1. The van der Waals surface area contributed by atoms with Crippen molar-refractivity contribution < 1.29 is 9.53 Å². The molecule has 0 radical (unpaired) electrons. The molecular weight excluding hydrogens is 503 g/mol. The van der Waals surface area contributed by atoms with E-state index in [1.165, 1.54) is 0 Å². The number of rotatable bonds is 6. The number of aryl methyl sites for hydroxylation is 1. The largest absolute Gasteiger partial charge is 0.457 e. The number of halogens is 2. The minimum atomic E-state index is -0.0390. The summed E-state index contributed by atoms with van der Waals surface area (Å²) in [7, 11) is 0. The molecule has 6 heteroatoms.